The lowest BCUT2D eigenvalue weighted by molar-refractivity contribution is -0.116. The van der Waals surface area contributed by atoms with Gasteiger partial charge < -0.3 is 15.2 Å². The minimum absolute atomic E-state index is 0.0475. The summed E-state index contributed by atoms with van der Waals surface area (Å²) in [5.41, 5.74) is 5.59. The molecule has 1 aliphatic rings. The van der Waals surface area contributed by atoms with Gasteiger partial charge in [0, 0.05) is 30.5 Å². The summed E-state index contributed by atoms with van der Waals surface area (Å²) in [5, 5.41) is 10.3. The van der Waals surface area contributed by atoms with Gasteiger partial charge in [-0.3, -0.25) is 14.3 Å². The van der Waals surface area contributed by atoms with Crippen molar-refractivity contribution in [2.45, 2.75) is 39.7 Å². The fraction of sp³-hybridized carbons (Fsp3) is 0.318. The summed E-state index contributed by atoms with van der Waals surface area (Å²) in [5.74, 6) is 0.633. The van der Waals surface area contributed by atoms with E-state index in [2.05, 4.69) is 21.8 Å². The van der Waals surface area contributed by atoms with Gasteiger partial charge >= 0.3 is 0 Å². The van der Waals surface area contributed by atoms with Crippen molar-refractivity contribution in [1.82, 2.24) is 19.7 Å². The molecule has 0 aliphatic carbocycles. The van der Waals surface area contributed by atoms with Crippen LogP contribution in [0.3, 0.4) is 0 Å². The minimum atomic E-state index is -0.176. The van der Waals surface area contributed by atoms with Crippen LogP contribution in [-0.2, 0) is 18.3 Å². The number of carbonyl (C=O) groups is 2. The van der Waals surface area contributed by atoms with Crippen LogP contribution in [-0.4, -0.2) is 26.2 Å². The van der Waals surface area contributed by atoms with Crippen LogP contribution < -0.4 is 10.6 Å². The Bertz CT molecular complexity index is 1090. The summed E-state index contributed by atoms with van der Waals surface area (Å²) >= 11 is 0. The van der Waals surface area contributed by atoms with Crippen LogP contribution in [0.2, 0.25) is 0 Å². The van der Waals surface area contributed by atoms with Gasteiger partial charge in [-0.25, -0.2) is 0 Å². The Morgan fingerprint density at radius 3 is 2.62 bits per heavy atom. The largest absolute Gasteiger partial charge is 0.345 e. The molecule has 7 nitrogen and oxygen atoms in total. The van der Waals surface area contributed by atoms with Crippen LogP contribution in [0.1, 0.15) is 52.3 Å². The number of hydrogen-bond donors (Lipinski definition) is 2. The summed E-state index contributed by atoms with van der Waals surface area (Å²) in [6.07, 6.45) is 2.82. The van der Waals surface area contributed by atoms with E-state index in [4.69, 9.17) is 0 Å². The number of nitrogens with one attached hydrogen (secondary N) is 2. The third-order valence-corrected chi connectivity index (χ3v) is 5.51. The number of anilines is 1. The van der Waals surface area contributed by atoms with E-state index < -0.39 is 0 Å². The summed E-state index contributed by atoms with van der Waals surface area (Å²) in [6.45, 7) is 5.98. The van der Waals surface area contributed by atoms with Crippen molar-refractivity contribution in [3.8, 4) is 5.82 Å². The average molecular weight is 391 g/mol. The van der Waals surface area contributed by atoms with Gasteiger partial charge in [-0.15, -0.1) is 0 Å². The van der Waals surface area contributed by atoms with Gasteiger partial charge in [0.05, 0.1) is 12.2 Å². The van der Waals surface area contributed by atoms with Gasteiger partial charge in [0.25, 0.3) is 5.91 Å². The molecule has 29 heavy (non-hydrogen) atoms. The van der Waals surface area contributed by atoms with Crippen LogP contribution in [0.25, 0.3) is 5.82 Å². The first-order valence-corrected chi connectivity index (χ1v) is 9.76. The predicted octanol–water partition coefficient (Wildman–Crippen LogP) is 3.20. The molecular weight excluding hydrogens is 366 g/mol. The lowest BCUT2D eigenvalue weighted by Crippen LogP contribution is -2.28. The smallest absolute Gasteiger partial charge is 0.257 e. The van der Waals surface area contributed by atoms with Crippen molar-refractivity contribution >= 4 is 17.5 Å². The van der Waals surface area contributed by atoms with E-state index in [1.807, 2.05) is 56.7 Å². The number of nitrogens with zero attached hydrogens (tertiary/aromatic N) is 3. The second kappa shape index (κ2) is 7.24. The van der Waals surface area contributed by atoms with E-state index in [-0.39, 0.29) is 17.9 Å². The highest BCUT2D eigenvalue weighted by Gasteiger charge is 2.22. The standard InChI is InChI=1S/C22H25N5O2/c1-13-5-6-14(2)27(13)22-18(12-23-26(22)4)21(29)24-15(3)16-7-9-19-17(11-16)8-10-20(28)25-19/h5-7,9,11-12,15H,8,10H2,1-4H3,(H,24,29)(H,25,28). The maximum Gasteiger partial charge on any atom is 0.257 e. The van der Waals surface area contributed by atoms with E-state index in [1.165, 1.54) is 0 Å². The highest BCUT2D eigenvalue weighted by molar-refractivity contribution is 5.97. The van der Waals surface area contributed by atoms with Crippen LogP contribution >= 0.6 is 0 Å². The van der Waals surface area contributed by atoms with Crippen molar-refractivity contribution in [2.24, 2.45) is 7.05 Å². The highest BCUT2D eigenvalue weighted by Crippen LogP contribution is 2.27. The van der Waals surface area contributed by atoms with E-state index in [0.717, 1.165) is 34.0 Å². The Morgan fingerprint density at radius 1 is 1.17 bits per heavy atom. The zero-order valence-electron chi connectivity index (χ0n) is 17.1. The molecule has 0 fully saturated rings. The molecule has 3 aromatic rings. The first-order valence-electron chi connectivity index (χ1n) is 9.76. The third kappa shape index (κ3) is 3.44. The molecule has 2 N–H and O–H groups in total. The molecule has 1 atom stereocenters. The van der Waals surface area contributed by atoms with E-state index in [9.17, 15) is 9.59 Å². The van der Waals surface area contributed by atoms with Gasteiger partial charge in [0.2, 0.25) is 5.91 Å². The average Bonchev–Trinajstić information content (AvgIpc) is 3.22. The van der Waals surface area contributed by atoms with Crippen molar-refractivity contribution in [1.29, 1.82) is 0 Å². The lowest BCUT2D eigenvalue weighted by Gasteiger charge is -2.20. The highest BCUT2D eigenvalue weighted by atomic mass is 16.2. The van der Waals surface area contributed by atoms with Gasteiger partial charge in [0.1, 0.15) is 11.4 Å². The van der Waals surface area contributed by atoms with Crippen molar-refractivity contribution in [3.05, 3.63) is 64.6 Å². The molecular formula is C22H25N5O2. The summed E-state index contributed by atoms with van der Waals surface area (Å²) < 4.78 is 3.76. The fourth-order valence-electron chi connectivity index (χ4n) is 3.89. The van der Waals surface area contributed by atoms with Crippen LogP contribution in [0.5, 0.6) is 0 Å². The second-order valence-corrected chi connectivity index (χ2v) is 7.62. The maximum absolute atomic E-state index is 13.1. The summed E-state index contributed by atoms with van der Waals surface area (Å²) in [7, 11) is 1.84. The van der Waals surface area contributed by atoms with Crippen LogP contribution in [0.4, 0.5) is 5.69 Å². The zero-order valence-corrected chi connectivity index (χ0v) is 17.1. The number of fused-ring (bicyclic) bond motifs is 1. The monoisotopic (exact) mass is 391 g/mol. The second-order valence-electron chi connectivity index (χ2n) is 7.62. The molecule has 4 rings (SSSR count). The molecule has 0 radical (unpaired) electrons. The predicted molar refractivity (Wildman–Crippen MR) is 111 cm³/mol. The van der Waals surface area contributed by atoms with E-state index in [1.54, 1.807) is 10.9 Å². The molecule has 150 valence electrons. The number of amides is 2. The molecule has 1 aliphatic heterocycles. The maximum atomic E-state index is 13.1. The lowest BCUT2D eigenvalue weighted by atomic mass is 9.97. The molecule has 1 unspecified atom stereocenters. The van der Waals surface area contributed by atoms with Gasteiger partial charge in [-0.2, -0.15) is 5.10 Å². The molecule has 0 saturated heterocycles. The van der Waals surface area contributed by atoms with Crippen molar-refractivity contribution < 1.29 is 9.59 Å². The van der Waals surface area contributed by atoms with E-state index >= 15 is 0 Å². The molecule has 0 bridgehead atoms. The molecule has 3 heterocycles. The number of aryl methyl sites for hydroxylation is 4. The Hall–Kier alpha value is -3.35. The Balaban J connectivity index is 1.59. The molecule has 7 heteroatoms. The Morgan fingerprint density at radius 2 is 1.90 bits per heavy atom. The van der Waals surface area contributed by atoms with Crippen molar-refractivity contribution in [2.75, 3.05) is 5.32 Å². The zero-order chi connectivity index (χ0) is 20.7. The first kappa shape index (κ1) is 19.0. The normalized spacial score (nSPS) is 14.3. The van der Waals surface area contributed by atoms with Crippen molar-refractivity contribution in [3.63, 3.8) is 0 Å². The van der Waals surface area contributed by atoms with Gasteiger partial charge in [0.15, 0.2) is 0 Å². The summed E-state index contributed by atoms with van der Waals surface area (Å²) in [6, 6.07) is 9.79. The number of hydrogen-bond acceptors (Lipinski definition) is 3. The SMILES string of the molecule is Cc1ccc(C)n1-c1c(C(=O)NC(C)c2ccc3c(c2)CCC(=O)N3)cnn1C. The molecule has 2 aromatic heterocycles. The number of aromatic nitrogens is 3. The van der Waals surface area contributed by atoms with Gasteiger partial charge in [-0.05, 0) is 56.5 Å². The molecule has 0 saturated carbocycles. The fourth-order valence-corrected chi connectivity index (χ4v) is 3.89. The Kier molecular flexibility index (Phi) is 4.74. The summed E-state index contributed by atoms with van der Waals surface area (Å²) in [4.78, 5) is 24.6. The molecule has 1 aromatic carbocycles. The first-order chi connectivity index (χ1) is 13.8. The topological polar surface area (TPSA) is 81.0 Å². The number of benzene rings is 1. The van der Waals surface area contributed by atoms with Gasteiger partial charge in [-0.1, -0.05) is 12.1 Å². The minimum Gasteiger partial charge on any atom is -0.345 e. The van der Waals surface area contributed by atoms with E-state index in [0.29, 0.717) is 18.4 Å². The Labute approximate surface area is 169 Å². The van der Waals surface area contributed by atoms with Crippen LogP contribution in [0, 0.1) is 13.8 Å². The third-order valence-electron chi connectivity index (χ3n) is 5.51. The number of rotatable bonds is 4. The molecule has 0 spiro atoms. The quantitative estimate of drug-likeness (QED) is 0.717. The number of carbonyl (C=O) groups excluding carboxylic acids is 2. The van der Waals surface area contributed by atoms with Crippen LogP contribution in [0.15, 0.2) is 36.5 Å². The molecule has 2 amide bonds.